The lowest BCUT2D eigenvalue weighted by molar-refractivity contribution is 0.472. The molecular weight excluding hydrogens is 284 g/mol. The van der Waals surface area contributed by atoms with Crippen molar-refractivity contribution in [3.05, 3.63) is 35.4 Å². The molecule has 1 aromatic carbocycles. The number of anilines is 1. The number of benzene rings is 1. The number of allylic oxidation sites excluding steroid dienone is 2. The van der Waals surface area contributed by atoms with Crippen molar-refractivity contribution in [1.82, 2.24) is 0 Å². The minimum Gasteiger partial charge on any atom is -0.384 e. The van der Waals surface area contributed by atoms with Crippen molar-refractivity contribution in [2.24, 2.45) is 22.9 Å². The van der Waals surface area contributed by atoms with Gasteiger partial charge in [-0.25, -0.2) is 13.6 Å². The van der Waals surface area contributed by atoms with Crippen molar-refractivity contribution in [3.8, 4) is 0 Å². The van der Waals surface area contributed by atoms with Crippen LogP contribution in [0.25, 0.3) is 0 Å². The van der Waals surface area contributed by atoms with Gasteiger partial charge in [0.15, 0.2) is 0 Å². The first-order valence-corrected chi connectivity index (χ1v) is 8.95. The lowest BCUT2D eigenvalue weighted by Crippen LogP contribution is -2.19. The summed E-state index contributed by atoms with van der Waals surface area (Å²) < 4.78 is 23.1. The van der Waals surface area contributed by atoms with Gasteiger partial charge in [0.1, 0.15) is 0 Å². The normalized spacial score (nSPS) is 27.3. The Hall–Kier alpha value is -1.33. The molecule has 3 N–H and O–H groups in total. The van der Waals surface area contributed by atoms with Crippen molar-refractivity contribution in [1.29, 1.82) is 0 Å². The van der Waals surface area contributed by atoms with Gasteiger partial charge in [-0.15, -0.1) is 0 Å². The van der Waals surface area contributed by atoms with E-state index < -0.39 is 10.0 Å². The zero-order valence-corrected chi connectivity index (χ0v) is 13.3. The Labute approximate surface area is 126 Å². The van der Waals surface area contributed by atoms with Gasteiger partial charge in [-0.05, 0) is 67.7 Å². The van der Waals surface area contributed by atoms with E-state index in [2.05, 4.69) is 17.5 Å². The van der Waals surface area contributed by atoms with E-state index in [0.29, 0.717) is 11.8 Å². The predicted molar refractivity (Wildman–Crippen MR) is 84.6 cm³/mol. The maximum Gasteiger partial charge on any atom is 0.238 e. The fourth-order valence-electron chi connectivity index (χ4n) is 3.54. The van der Waals surface area contributed by atoms with Crippen LogP contribution in [-0.2, 0) is 10.0 Å². The van der Waals surface area contributed by atoms with E-state index in [4.69, 9.17) is 5.14 Å². The molecule has 2 bridgehead atoms. The highest BCUT2D eigenvalue weighted by Gasteiger charge is 2.35. The zero-order valence-electron chi connectivity index (χ0n) is 12.5. The summed E-state index contributed by atoms with van der Waals surface area (Å²) in [4.78, 5) is 0.181. The van der Waals surface area contributed by atoms with E-state index in [0.717, 1.165) is 29.3 Å². The van der Waals surface area contributed by atoms with Gasteiger partial charge in [-0.2, -0.15) is 0 Å². The number of hydrogen-bond donors (Lipinski definition) is 2. The molecule has 4 nitrogen and oxygen atoms in total. The summed E-state index contributed by atoms with van der Waals surface area (Å²) in [5.41, 5.74) is 2.91. The molecule has 0 radical (unpaired) electrons. The van der Waals surface area contributed by atoms with Crippen molar-refractivity contribution < 1.29 is 8.42 Å². The summed E-state index contributed by atoms with van der Waals surface area (Å²) in [7, 11) is -3.66. The van der Waals surface area contributed by atoms with E-state index in [1.54, 1.807) is 12.1 Å². The van der Waals surface area contributed by atoms with Crippen molar-refractivity contribution >= 4 is 15.7 Å². The summed E-state index contributed by atoms with van der Waals surface area (Å²) >= 11 is 0. The number of fused-ring (bicyclic) bond motifs is 2. The Morgan fingerprint density at radius 1 is 1.24 bits per heavy atom. The summed E-state index contributed by atoms with van der Waals surface area (Å²) in [6.45, 7) is 4.81. The number of rotatable bonds is 4. The Bertz CT molecular complexity index is 694. The third kappa shape index (κ3) is 2.85. The first-order chi connectivity index (χ1) is 9.84. The van der Waals surface area contributed by atoms with Gasteiger partial charge in [0.05, 0.1) is 4.90 Å². The summed E-state index contributed by atoms with van der Waals surface area (Å²) in [6.07, 6.45) is 7.18. The third-order valence-electron chi connectivity index (χ3n) is 4.94. The molecule has 0 aromatic heterocycles. The first kappa shape index (κ1) is 14.6. The molecule has 0 spiro atoms. The van der Waals surface area contributed by atoms with Crippen LogP contribution >= 0.6 is 0 Å². The van der Waals surface area contributed by atoms with Crippen LogP contribution in [0.4, 0.5) is 5.69 Å². The first-order valence-electron chi connectivity index (χ1n) is 7.41. The molecule has 1 aromatic rings. The average molecular weight is 306 g/mol. The van der Waals surface area contributed by atoms with Crippen LogP contribution in [0.15, 0.2) is 29.2 Å². The third-order valence-corrected chi connectivity index (χ3v) is 5.83. The highest BCUT2D eigenvalue weighted by Crippen LogP contribution is 2.43. The van der Waals surface area contributed by atoms with E-state index in [9.17, 15) is 8.42 Å². The quantitative estimate of drug-likeness (QED) is 0.840. The summed E-state index contributed by atoms with van der Waals surface area (Å²) in [6, 6.07) is 3.29. The molecule has 0 saturated heterocycles. The Morgan fingerprint density at radius 3 is 2.57 bits per heavy atom. The van der Waals surface area contributed by atoms with E-state index in [-0.39, 0.29) is 4.90 Å². The molecule has 0 amide bonds. The summed E-state index contributed by atoms with van der Waals surface area (Å²) in [5, 5.41) is 8.69. The van der Waals surface area contributed by atoms with Gasteiger partial charge in [0, 0.05) is 12.2 Å². The lowest BCUT2D eigenvalue weighted by atomic mass is 9.93. The molecule has 114 valence electrons. The fourth-order valence-corrected chi connectivity index (χ4v) is 4.17. The molecule has 0 heterocycles. The van der Waals surface area contributed by atoms with Crippen LogP contribution in [0.5, 0.6) is 0 Å². The second kappa shape index (κ2) is 5.14. The molecule has 5 heteroatoms. The van der Waals surface area contributed by atoms with Crippen LogP contribution in [0.3, 0.4) is 0 Å². The van der Waals surface area contributed by atoms with Crippen molar-refractivity contribution in [3.63, 3.8) is 0 Å². The van der Waals surface area contributed by atoms with Crippen LogP contribution < -0.4 is 10.5 Å². The van der Waals surface area contributed by atoms with Gasteiger partial charge < -0.3 is 5.32 Å². The van der Waals surface area contributed by atoms with Crippen LogP contribution in [-0.4, -0.2) is 15.0 Å². The van der Waals surface area contributed by atoms with Crippen LogP contribution in [0, 0.1) is 31.6 Å². The van der Waals surface area contributed by atoms with E-state index in [1.807, 2.05) is 13.8 Å². The second-order valence-electron chi connectivity index (χ2n) is 6.38. The average Bonchev–Trinajstić information content (AvgIpc) is 3.01. The Morgan fingerprint density at radius 2 is 2.00 bits per heavy atom. The van der Waals surface area contributed by atoms with Gasteiger partial charge in [0.25, 0.3) is 0 Å². The summed E-state index contributed by atoms with van der Waals surface area (Å²) in [5.74, 6) is 2.09. The molecule has 0 aliphatic heterocycles. The fraction of sp³-hybridized carbons (Fsp3) is 0.500. The standard InChI is InChI=1S/C16H22N2O2S/c1-10-5-15(21(17,19)20)8-16(11(10)2)18-9-14-7-12-3-4-13(14)6-12/h3-5,8,12-14,18H,6-7,9H2,1-2H3,(H2,17,19,20). The molecule has 2 aliphatic rings. The number of aryl methyl sites for hydroxylation is 1. The Balaban J connectivity index is 1.78. The Kier molecular flexibility index (Phi) is 3.58. The maximum atomic E-state index is 11.6. The van der Waals surface area contributed by atoms with Gasteiger partial charge >= 0.3 is 0 Å². The molecule has 3 unspecified atom stereocenters. The minimum absolute atomic E-state index is 0.181. The highest BCUT2D eigenvalue weighted by atomic mass is 32.2. The van der Waals surface area contributed by atoms with E-state index in [1.165, 1.54) is 12.8 Å². The molecule has 3 atom stereocenters. The monoisotopic (exact) mass is 306 g/mol. The number of sulfonamides is 1. The smallest absolute Gasteiger partial charge is 0.238 e. The second-order valence-corrected chi connectivity index (χ2v) is 7.94. The topological polar surface area (TPSA) is 72.2 Å². The molecule has 1 saturated carbocycles. The zero-order chi connectivity index (χ0) is 15.2. The van der Waals surface area contributed by atoms with Gasteiger partial charge in [-0.1, -0.05) is 12.2 Å². The SMILES string of the molecule is Cc1cc(S(N)(=O)=O)cc(NCC2CC3C=CC2C3)c1C. The maximum absolute atomic E-state index is 11.6. The molecule has 3 rings (SSSR count). The van der Waals surface area contributed by atoms with Gasteiger partial charge in [-0.3, -0.25) is 0 Å². The van der Waals surface area contributed by atoms with Gasteiger partial charge in [0.2, 0.25) is 10.0 Å². The van der Waals surface area contributed by atoms with Crippen molar-refractivity contribution in [2.45, 2.75) is 31.6 Å². The highest BCUT2D eigenvalue weighted by molar-refractivity contribution is 7.89. The van der Waals surface area contributed by atoms with Crippen molar-refractivity contribution in [2.75, 3.05) is 11.9 Å². The lowest BCUT2D eigenvalue weighted by Gasteiger charge is -2.21. The molecule has 2 aliphatic carbocycles. The number of nitrogens with one attached hydrogen (secondary N) is 1. The molecule has 1 fully saturated rings. The number of nitrogens with two attached hydrogens (primary N) is 1. The molecular formula is C16H22N2O2S. The largest absolute Gasteiger partial charge is 0.384 e. The predicted octanol–water partition coefficient (Wildman–Crippen LogP) is 2.57. The number of primary sulfonamides is 1. The van der Waals surface area contributed by atoms with Crippen LogP contribution in [0.2, 0.25) is 0 Å². The minimum atomic E-state index is -3.66. The van der Waals surface area contributed by atoms with E-state index >= 15 is 0 Å². The number of hydrogen-bond acceptors (Lipinski definition) is 3. The molecule has 21 heavy (non-hydrogen) atoms. The van der Waals surface area contributed by atoms with Crippen LogP contribution in [0.1, 0.15) is 24.0 Å².